The summed E-state index contributed by atoms with van der Waals surface area (Å²) in [6.45, 7) is 0. The Hall–Kier alpha value is -0.680. The number of nitrogens with one attached hydrogen (secondary N) is 1. The van der Waals surface area contributed by atoms with Gasteiger partial charge in [-0.2, -0.15) is 0 Å². The second-order valence-electron chi connectivity index (χ2n) is 0.371. The number of rotatable bonds is 1. The van der Waals surface area contributed by atoms with Gasteiger partial charge in [0.25, 0.3) is 0 Å². The van der Waals surface area contributed by atoms with E-state index in [4.69, 9.17) is 16.0 Å². The second kappa shape index (κ2) is 1.62. The van der Waals surface area contributed by atoms with Crippen molar-refractivity contribution in [2.45, 2.75) is 0 Å². The van der Waals surface area contributed by atoms with Gasteiger partial charge in [-0.25, -0.2) is 0 Å². The first kappa shape index (κ1) is 4.32. The summed E-state index contributed by atoms with van der Waals surface area (Å²) in [6.07, 6.45) is 0. The molecule has 0 unspecified atom stereocenters. The first-order chi connectivity index (χ1) is 2.27. The second-order valence-corrected chi connectivity index (χ2v) is 0.371. The fourth-order valence-corrected chi connectivity index (χ4v) is 0. The summed E-state index contributed by atoms with van der Waals surface area (Å²) < 4.78 is 0. The first-order valence-corrected chi connectivity index (χ1v) is 0.806. The minimum absolute atomic E-state index is 0.556. The molecule has 0 heterocycles. The zero-order chi connectivity index (χ0) is 4.28. The quantitative estimate of drug-likeness (QED) is 0.339. The third-order valence-electron chi connectivity index (χ3n) is 0.0773. The van der Waals surface area contributed by atoms with Crippen LogP contribution < -0.4 is 5.84 Å². The molecule has 0 aliphatic rings. The Morgan fingerprint density at radius 1 is 2.00 bits per heavy atom. The Balaban J connectivity index is 2.83. The SMILES string of the molecule is [NH]N(O)N=O. The zero-order valence-electron chi connectivity index (χ0n) is 2.25. The monoisotopic (exact) mass is 76.0 g/mol. The molecule has 0 fully saturated rings. The van der Waals surface area contributed by atoms with Gasteiger partial charge in [0.1, 0.15) is 0 Å². The van der Waals surface area contributed by atoms with Crippen molar-refractivity contribution >= 4 is 0 Å². The van der Waals surface area contributed by atoms with Gasteiger partial charge in [-0.3, -0.25) is 5.21 Å². The van der Waals surface area contributed by atoms with E-state index in [1.807, 2.05) is 0 Å². The van der Waals surface area contributed by atoms with E-state index in [0.717, 1.165) is 0 Å². The topological polar surface area (TPSA) is 76.7 Å². The van der Waals surface area contributed by atoms with Gasteiger partial charge in [0.05, 0.1) is 5.29 Å². The summed E-state index contributed by atoms with van der Waals surface area (Å²) >= 11 is 0. The van der Waals surface area contributed by atoms with Crippen LogP contribution >= 0.6 is 0 Å². The predicted octanol–water partition coefficient (Wildman–Crippen LogP) is -0.443. The third kappa shape index (κ3) is 3.32. The smallest absolute Gasteiger partial charge is 0.0973 e. The number of hydrogen-bond donors (Lipinski definition) is 1. The van der Waals surface area contributed by atoms with Crippen LogP contribution in [0.25, 0.3) is 0 Å². The van der Waals surface area contributed by atoms with Crippen LogP contribution in [0.1, 0.15) is 0 Å². The van der Waals surface area contributed by atoms with Crippen molar-refractivity contribution in [1.82, 2.24) is 11.1 Å². The average molecular weight is 76.0 g/mol. The van der Waals surface area contributed by atoms with E-state index >= 15 is 0 Å². The minimum atomic E-state index is -0.556. The molecule has 0 aliphatic carbocycles. The lowest BCUT2D eigenvalue weighted by molar-refractivity contribution is -0.103. The Morgan fingerprint density at radius 3 is 2.20 bits per heavy atom. The van der Waals surface area contributed by atoms with Crippen LogP contribution in [0.4, 0.5) is 0 Å². The van der Waals surface area contributed by atoms with E-state index in [1.54, 1.807) is 5.29 Å². The molecule has 0 aromatic heterocycles. The predicted molar refractivity (Wildman–Crippen MR) is 12.5 cm³/mol. The van der Waals surface area contributed by atoms with E-state index in [9.17, 15) is 0 Å². The van der Waals surface area contributed by atoms with Crippen molar-refractivity contribution in [3.63, 3.8) is 0 Å². The van der Waals surface area contributed by atoms with Gasteiger partial charge in [0.2, 0.25) is 0 Å². The van der Waals surface area contributed by atoms with Crippen LogP contribution in [0.15, 0.2) is 5.29 Å². The first-order valence-electron chi connectivity index (χ1n) is 0.806. The number of hydrogen-bond acceptors (Lipinski definition) is 3. The number of nitroso groups, excluding NO2 is 1. The van der Waals surface area contributed by atoms with Crippen molar-refractivity contribution < 1.29 is 5.21 Å². The van der Waals surface area contributed by atoms with Crippen LogP contribution in [0.3, 0.4) is 0 Å². The standard InChI is InChI=1S/H2N3O2/c1-3(5)2-4/h1,5H. The zero-order valence-corrected chi connectivity index (χ0v) is 2.25. The van der Waals surface area contributed by atoms with Gasteiger partial charge < -0.3 is 0 Å². The summed E-state index contributed by atoms with van der Waals surface area (Å²) in [5, 5.41) is 8.52. The molecule has 0 aliphatic heterocycles. The molecule has 0 saturated carbocycles. The highest BCUT2D eigenvalue weighted by Crippen LogP contribution is 1.60. The van der Waals surface area contributed by atoms with Crippen molar-refractivity contribution in [2.24, 2.45) is 5.29 Å². The number of nitrogens with zero attached hydrogens (tertiary/aromatic N) is 2. The Kier molecular flexibility index (Phi) is 1.40. The molecule has 29 valence electrons. The van der Waals surface area contributed by atoms with Gasteiger partial charge in [0, 0.05) is 0 Å². The normalized spacial score (nSPS) is 6.80. The molecule has 5 nitrogen and oxygen atoms in total. The highest BCUT2D eigenvalue weighted by molar-refractivity contribution is 4.00. The van der Waals surface area contributed by atoms with E-state index in [-0.39, 0.29) is 0 Å². The maximum absolute atomic E-state index is 8.74. The molecule has 0 saturated heterocycles. The van der Waals surface area contributed by atoms with E-state index in [2.05, 4.69) is 0 Å². The van der Waals surface area contributed by atoms with Crippen LogP contribution in [0.2, 0.25) is 0 Å². The third-order valence-corrected chi connectivity index (χ3v) is 0.0773. The lowest BCUT2D eigenvalue weighted by Gasteiger charge is -1.85. The molecule has 1 radical (unpaired) electrons. The van der Waals surface area contributed by atoms with Crippen LogP contribution in [-0.2, 0) is 0 Å². The van der Waals surface area contributed by atoms with Crippen LogP contribution in [-0.4, -0.2) is 10.5 Å². The lowest BCUT2D eigenvalue weighted by atomic mass is 12.4. The van der Waals surface area contributed by atoms with E-state index in [0.29, 0.717) is 0 Å². The maximum Gasteiger partial charge on any atom is 0.0973 e. The maximum atomic E-state index is 8.74. The average Bonchev–Trinajstić information content (AvgIpc) is 1.38. The fourth-order valence-electron chi connectivity index (χ4n) is 0. The lowest BCUT2D eigenvalue weighted by Crippen LogP contribution is -2.04. The highest BCUT2D eigenvalue weighted by atomic mass is 16.6. The van der Waals surface area contributed by atoms with Gasteiger partial charge in [-0.15, -0.1) is 10.7 Å². The van der Waals surface area contributed by atoms with E-state index < -0.39 is 5.28 Å². The molecule has 0 spiro atoms. The van der Waals surface area contributed by atoms with Crippen molar-refractivity contribution in [2.75, 3.05) is 0 Å². The molecule has 5 heteroatoms. The summed E-state index contributed by atoms with van der Waals surface area (Å²) in [4.78, 5) is 8.74. The molecule has 0 amide bonds. The van der Waals surface area contributed by atoms with Crippen molar-refractivity contribution in [3.8, 4) is 0 Å². The summed E-state index contributed by atoms with van der Waals surface area (Å²) in [7, 11) is 0. The van der Waals surface area contributed by atoms with Crippen LogP contribution in [0.5, 0.6) is 0 Å². The Labute approximate surface area is 27.9 Å². The molecule has 0 bridgehead atoms. The van der Waals surface area contributed by atoms with Gasteiger partial charge in [0.15, 0.2) is 0 Å². The molecule has 0 aromatic carbocycles. The van der Waals surface area contributed by atoms with Gasteiger partial charge >= 0.3 is 0 Å². The Bertz CT molecular complexity index is 31.9. The molecule has 0 atom stereocenters. The van der Waals surface area contributed by atoms with Gasteiger partial charge in [-0.05, 0) is 5.28 Å². The summed E-state index contributed by atoms with van der Waals surface area (Å²) in [6, 6.07) is 0. The molecule has 0 aromatic rings. The van der Waals surface area contributed by atoms with E-state index in [1.165, 1.54) is 0 Å². The van der Waals surface area contributed by atoms with Crippen LogP contribution in [0, 0.1) is 4.91 Å². The summed E-state index contributed by atoms with van der Waals surface area (Å²) in [5.41, 5.74) is 0. The van der Waals surface area contributed by atoms with Crippen molar-refractivity contribution in [3.05, 3.63) is 4.91 Å². The molecular weight excluding hydrogens is 74.0 g/mol. The molecule has 2 N–H and O–H groups in total. The summed E-state index contributed by atoms with van der Waals surface area (Å²) in [5.74, 6) is 5.74. The fraction of sp³-hybridized carbons (Fsp3) is 0. The highest BCUT2D eigenvalue weighted by Gasteiger charge is 1.74. The minimum Gasteiger partial charge on any atom is -0.253 e. The Morgan fingerprint density at radius 2 is 2.20 bits per heavy atom. The molecular formula is H2N3O2. The van der Waals surface area contributed by atoms with Gasteiger partial charge in [-0.1, -0.05) is 0 Å². The molecule has 0 rings (SSSR count). The molecule has 5 heavy (non-hydrogen) atoms. The largest absolute Gasteiger partial charge is 0.253 e. The van der Waals surface area contributed by atoms with Crippen molar-refractivity contribution in [1.29, 1.82) is 0 Å².